The summed E-state index contributed by atoms with van der Waals surface area (Å²) in [6, 6.07) is 0.637. The molecule has 2 fully saturated rings. The molecule has 4 nitrogen and oxygen atoms in total. The molecular formula is C15H25N3O. The highest BCUT2D eigenvalue weighted by Gasteiger charge is 2.28. The molecule has 1 heterocycles. The van der Waals surface area contributed by atoms with Crippen molar-refractivity contribution in [2.45, 2.75) is 70.3 Å². The van der Waals surface area contributed by atoms with E-state index in [-0.39, 0.29) is 0 Å². The van der Waals surface area contributed by atoms with Crippen molar-refractivity contribution in [3.8, 4) is 0 Å². The van der Waals surface area contributed by atoms with Gasteiger partial charge in [0.1, 0.15) is 0 Å². The molecule has 1 aromatic rings. The third kappa shape index (κ3) is 2.99. The Kier molecular flexibility index (Phi) is 4.16. The fourth-order valence-electron chi connectivity index (χ4n) is 3.39. The van der Waals surface area contributed by atoms with E-state index in [1.807, 2.05) is 0 Å². The van der Waals surface area contributed by atoms with Crippen LogP contribution >= 0.6 is 0 Å². The monoisotopic (exact) mass is 263 g/mol. The number of nitrogens with zero attached hydrogens (tertiary/aromatic N) is 2. The minimum absolute atomic E-state index is 0.577. The Hall–Kier alpha value is -0.900. The first kappa shape index (κ1) is 13.1. The number of hydrogen-bond acceptors (Lipinski definition) is 4. The summed E-state index contributed by atoms with van der Waals surface area (Å²) < 4.78 is 5.46. The summed E-state index contributed by atoms with van der Waals surface area (Å²) in [5.74, 6) is 3.06. The first-order chi connectivity index (χ1) is 9.36. The lowest BCUT2D eigenvalue weighted by molar-refractivity contribution is 0.241. The Morgan fingerprint density at radius 2 is 2.00 bits per heavy atom. The molecule has 3 rings (SSSR count). The van der Waals surface area contributed by atoms with Crippen LogP contribution in [0, 0.1) is 5.92 Å². The van der Waals surface area contributed by atoms with Gasteiger partial charge in [0, 0.05) is 18.4 Å². The maximum atomic E-state index is 5.46. The van der Waals surface area contributed by atoms with Gasteiger partial charge in [0.15, 0.2) is 5.82 Å². The van der Waals surface area contributed by atoms with Crippen LogP contribution in [-0.4, -0.2) is 22.7 Å². The van der Waals surface area contributed by atoms with Crippen LogP contribution in [0.1, 0.15) is 69.5 Å². The molecule has 0 radical (unpaired) electrons. The van der Waals surface area contributed by atoms with E-state index in [2.05, 4.69) is 22.4 Å². The van der Waals surface area contributed by atoms with Gasteiger partial charge in [0.2, 0.25) is 5.89 Å². The zero-order chi connectivity index (χ0) is 13.1. The molecule has 2 aliphatic rings. The molecule has 1 N–H and O–H groups in total. The average molecular weight is 263 g/mol. The van der Waals surface area contributed by atoms with Gasteiger partial charge in [-0.25, -0.2) is 0 Å². The van der Waals surface area contributed by atoms with Crippen molar-refractivity contribution >= 4 is 0 Å². The fraction of sp³-hybridized carbons (Fsp3) is 0.867. The zero-order valence-corrected chi connectivity index (χ0v) is 11.9. The highest BCUT2D eigenvalue weighted by atomic mass is 16.5. The predicted octanol–water partition coefficient (Wildman–Crippen LogP) is 3.05. The molecule has 1 aromatic heterocycles. The van der Waals surface area contributed by atoms with Gasteiger partial charge in [-0.15, -0.1) is 0 Å². The van der Waals surface area contributed by atoms with Crippen LogP contribution in [0.3, 0.4) is 0 Å². The van der Waals surface area contributed by atoms with Gasteiger partial charge in [0.25, 0.3) is 0 Å². The van der Waals surface area contributed by atoms with E-state index in [9.17, 15) is 0 Å². The molecule has 0 aliphatic heterocycles. The number of hydrogen-bond donors (Lipinski definition) is 1. The van der Waals surface area contributed by atoms with E-state index < -0.39 is 0 Å². The molecule has 0 spiro atoms. The summed E-state index contributed by atoms with van der Waals surface area (Å²) >= 11 is 0. The van der Waals surface area contributed by atoms with Gasteiger partial charge in [-0.3, -0.25) is 0 Å². The standard InChI is InChI=1S/C15H25N3O/c1-2-16-13-9-4-3-6-12(13)10-14-17-15(18-19-14)11-7-5-8-11/h11-13,16H,2-10H2,1H3. The maximum Gasteiger partial charge on any atom is 0.226 e. The second kappa shape index (κ2) is 6.04. The maximum absolute atomic E-state index is 5.46. The summed E-state index contributed by atoms with van der Waals surface area (Å²) in [5.41, 5.74) is 0. The van der Waals surface area contributed by atoms with Gasteiger partial charge in [0.05, 0.1) is 0 Å². The zero-order valence-electron chi connectivity index (χ0n) is 11.9. The summed E-state index contributed by atoms with van der Waals surface area (Å²) in [4.78, 5) is 4.62. The lowest BCUT2D eigenvalue weighted by Gasteiger charge is -2.31. The Labute approximate surface area is 115 Å². The molecule has 106 valence electrons. The van der Waals surface area contributed by atoms with Crippen molar-refractivity contribution in [3.63, 3.8) is 0 Å². The van der Waals surface area contributed by atoms with Gasteiger partial charge >= 0.3 is 0 Å². The van der Waals surface area contributed by atoms with Crippen molar-refractivity contribution in [1.82, 2.24) is 15.5 Å². The molecule has 2 aliphatic carbocycles. The molecular weight excluding hydrogens is 238 g/mol. The highest BCUT2D eigenvalue weighted by Crippen LogP contribution is 2.35. The van der Waals surface area contributed by atoms with Crippen molar-refractivity contribution in [3.05, 3.63) is 11.7 Å². The van der Waals surface area contributed by atoms with Gasteiger partial charge in [-0.2, -0.15) is 4.98 Å². The summed E-state index contributed by atoms with van der Waals surface area (Å²) in [6.45, 7) is 3.24. The molecule has 2 atom stereocenters. The third-order valence-electron chi connectivity index (χ3n) is 4.77. The SMILES string of the molecule is CCNC1CCCCC1Cc1nc(C2CCC2)no1. The second-order valence-corrected chi connectivity index (χ2v) is 6.09. The molecule has 19 heavy (non-hydrogen) atoms. The number of rotatable bonds is 5. The van der Waals surface area contributed by atoms with Gasteiger partial charge in [-0.1, -0.05) is 31.3 Å². The lowest BCUT2D eigenvalue weighted by atomic mass is 9.82. The molecule has 0 saturated heterocycles. The van der Waals surface area contributed by atoms with Crippen LogP contribution < -0.4 is 5.32 Å². The Morgan fingerprint density at radius 1 is 1.16 bits per heavy atom. The van der Waals surface area contributed by atoms with E-state index in [1.54, 1.807) is 0 Å². The molecule has 2 saturated carbocycles. The highest BCUT2D eigenvalue weighted by molar-refractivity contribution is 5.00. The van der Waals surface area contributed by atoms with E-state index in [0.29, 0.717) is 17.9 Å². The van der Waals surface area contributed by atoms with E-state index in [4.69, 9.17) is 4.52 Å². The minimum atomic E-state index is 0.577. The molecule has 0 aromatic carbocycles. The topological polar surface area (TPSA) is 51.0 Å². The smallest absolute Gasteiger partial charge is 0.226 e. The van der Waals surface area contributed by atoms with Crippen molar-refractivity contribution in [1.29, 1.82) is 0 Å². The van der Waals surface area contributed by atoms with Crippen molar-refractivity contribution in [2.24, 2.45) is 5.92 Å². The van der Waals surface area contributed by atoms with Gasteiger partial charge < -0.3 is 9.84 Å². The van der Waals surface area contributed by atoms with Crippen LogP contribution in [0.5, 0.6) is 0 Å². The van der Waals surface area contributed by atoms with Gasteiger partial charge in [-0.05, 0) is 38.1 Å². The van der Waals surface area contributed by atoms with Crippen LogP contribution in [-0.2, 0) is 6.42 Å². The summed E-state index contributed by atoms with van der Waals surface area (Å²) in [7, 11) is 0. The first-order valence-corrected chi connectivity index (χ1v) is 7.92. The number of aromatic nitrogens is 2. The second-order valence-electron chi connectivity index (χ2n) is 6.09. The average Bonchev–Trinajstić information content (AvgIpc) is 2.78. The summed E-state index contributed by atoms with van der Waals surface area (Å²) in [5, 5.41) is 7.79. The van der Waals surface area contributed by atoms with Crippen molar-refractivity contribution < 1.29 is 4.52 Å². The molecule has 0 bridgehead atoms. The molecule has 2 unspecified atom stereocenters. The van der Waals surface area contributed by atoms with E-state index in [0.717, 1.165) is 24.7 Å². The van der Waals surface area contributed by atoms with E-state index in [1.165, 1.54) is 44.9 Å². The Balaban J connectivity index is 1.60. The summed E-state index contributed by atoms with van der Waals surface area (Å²) in [6.07, 6.45) is 10.0. The van der Waals surface area contributed by atoms with E-state index >= 15 is 0 Å². The van der Waals surface area contributed by atoms with Crippen LogP contribution in [0.25, 0.3) is 0 Å². The third-order valence-corrected chi connectivity index (χ3v) is 4.77. The minimum Gasteiger partial charge on any atom is -0.339 e. The Bertz CT molecular complexity index is 398. The quantitative estimate of drug-likeness (QED) is 0.887. The number of nitrogens with one attached hydrogen (secondary N) is 1. The van der Waals surface area contributed by atoms with Crippen molar-refractivity contribution in [2.75, 3.05) is 6.54 Å². The fourth-order valence-corrected chi connectivity index (χ4v) is 3.39. The van der Waals surface area contributed by atoms with Crippen LogP contribution in [0.4, 0.5) is 0 Å². The first-order valence-electron chi connectivity index (χ1n) is 7.92. The largest absolute Gasteiger partial charge is 0.339 e. The molecule has 4 heteroatoms. The normalized spacial score (nSPS) is 28.3. The van der Waals surface area contributed by atoms with Crippen LogP contribution in [0.15, 0.2) is 4.52 Å². The van der Waals surface area contributed by atoms with Crippen LogP contribution in [0.2, 0.25) is 0 Å². The lowest BCUT2D eigenvalue weighted by Crippen LogP contribution is -2.39. The predicted molar refractivity (Wildman–Crippen MR) is 74.0 cm³/mol. The Morgan fingerprint density at radius 3 is 2.74 bits per heavy atom. The molecule has 0 amide bonds.